The van der Waals surface area contributed by atoms with Crippen molar-refractivity contribution in [3.05, 3.63) is 27.2 Å². The Hall–Kier alpha value is -2.15. The first-order chi connectivity index (χ1) is 10.9. The van der Waals surface area contributed by atoms with Crippen LogP contribution in [0.15, 0.2) is 4.79 Å². The summed E-state index contributed by atoms with van der Waals surface area (Å²) in [6.45, 7) is 5.30. The van der Waals surface area contributed by atoms with E-state index >= 15 is 0 Å². The molecule has 0 aliphatic rings. The van der Waals surface area contributed by atoms with Gasteiger partial charge in [-0.2, -0.15) is 0 Å². The first-order valence-corrected chi connectivity index (χ1v) is 7.80. The number of carbonyl (C=O) groups excluding carboxylic acids is 1. The van der Waals surface area contributed by atoms with Crippen molar-refractivity contribution < 1.29 is 4.79 Å². The van der Waals surface area contributed by atoms with E-state index in [1.807, 2.05) is 27.9 Å². The normalized spacial score (nSPS) is 11.2. The number of fused-ring (bicyclic) bond motifs is 1. The smallest absolute Gasteiger partial charge is 0.276 e. The van der Waals surface area contributed by atoms with Crippen LogP contribution in [-0.2, 0) is 18.3 Å². The highest BCUT2D eigenvalue weighted by Gasteiger charge is 2.16. The number of aromatic amines is 1. The van der Waals surface area contributed by atoms with Crippen LogP contribution >= 0.6 is 0 Å². The third-order valence-corrected chi connectivity index (χ3v) is 4.28. The van der Waals surface area contributed by atoms with Crippen LogP contribution in [0.3, 0.4) is 0 Å². The van der Waals surface area contributed by atoms with Crippen molar-refractivity contribution in [2.24, 2.45) is 7.05 Å². The second-order valence-corrected chi connectivity index (χ2v) is 5.92. The Balaban J connectivity index is 2.22. The Morgan fingerprint density at radius 2 is 2.09 bits per heavy atom. The summed E-state index contributed by atoms with van der Waals surface area (Å²) in [5, 5.41) is 6.60. The van der Waals surface area contributed by atoms with Crippen molar-refractivity contribution in [2.75, 3.05) is 27.2 Å². The molecule has 2 rings (SSSR count). The van der Waals surface area contributed by atoms with E-state index in [-0.39, 0.29) is 11.5 Å². The lowest BCUT2D eigenvalue weighted by Crippen LogP contribution is -2.33. The molecule has 1 amide bonds. The molecular weight excluding hydrogens is 294 g/mol. The Morgan fingerprint density at radius 3 is 2.74 bits per heavy atom. The van der Waals surface area contributed by atoms with Gasteiger partial charge in [0.15, 0.2) is 5.65 Å². The Kier molecular flexibility index (Phi) is 5.20. The van der Waals surface area contributed by atoms with Crippen molar-refractivity contribution in [2.45, 2.75) is 26.7 Å². The van der Waals surface area contributed by atoms with Crippen LogP contribution < -0.4 is 10.9 Å². The molecular formula is C16H25N5O2. The summed E-state index contributed by atoms with van der Waals surface area (Å²) in [5.41, 5.74) is 3.30. The van der Waals surface area contributed by atoms with Crippen molar-refractivity contribution >= 4 is 16.9 Å². The van der Waals surface area contributed by atoms with Gasteiger partial charge in [0.05, 0.1) is 5.39 Å². The average Bonchev–Trinajstić information content (AvgIpc) is 2.78. The Morgan fingerprint density at radius 1 is 1.39 bits per heavy atom. The fraction of sp³-hybridized carbons (Fsp3) is 0.562. The van der Waals surface area contributed by atoms with Crippen molar-refractivity contribution in [1.82, 2.24) is 25.0 Å². The van der Waals surface area contributed by atoms with Gasteiger partial charge >= 0.3 is 0 Å². The van der Waals surface area contributed by atoms with Crippen LogP contribution in [0.25, 0.3) is 11.0 Å². The zero-order chi connectivity index (χ0) is 17.1. The second-order valence-electron chi connectivity index (χ2n) is 5.92. The molecule has 2 N–H and O–H groups in total. The van der Waals surface area contributed by atoms with Crippen LogP contribution in [0, 0.1) is 13.8 Å². The molecule has 2 aromatic rings. The first-order valence-electron chi connectivity index (χ1n) is 7.80. The van der Waals surface area contributed by atoms with E-state index in [0.29, 0.717) is 30.4 Å². The summed E-state index contributed by atoms with van der Waals surface area (Å²) >= 11 is 0. The lowest BCUT2D eigenvalue weighted by molar-refractivity contribution is -0.129. The number of likely N-dealkylation sites (N-methyl/N-ethyl adjacent to an activating group) is 2. The summed E-state index contributed by atoms with van der Waals surface area (Å²) in [7, 11) is 5.35. The van der Waals surface area contributed by atoms with Crippen LogP contribution in [0.2, 0.25) is 0 Å². The van der Waals surface area contributed by atoms with Gasteiger partial charge in [0.2, 0.25) is 5.91 Å². The number of amides is 1. The summed E-state index contributed by atoms with van der Waals surface area (Å²) in [5.74, 6) is 0.0983. The molecule has 0 spiro atoms. The molecule has 2 heterocycles. The van der Waals surface area contributed by atoms with Gasteiger partial charge in [-0.05, 0) is 38.4 Å². The molecule has 2 aromatic heterocycles. The van der Waals surface area contributed by atoms with E-state index in [1.165, 1.54) is 4.68 Å². The minimum atomic E-state index is -0.0799. The van der Waals surface area contributed by atoms with E-state index in [4.69, 9.17) is 0 Å². The highest BCUT2D eigenvalue weighted by Crippen LogP contribution is 2.20. The lowest BCUT2D eigenvalue weighted by Gasteiger charge is -2.17. The molecule has 0 saturated carbocycles. The fourth-order valence-electron chi connectivity index (χ4n) is 2.81. The number of nitrogens with zero attached hydrogens (tertiary/aromatic N) is 3. The molecule has 0 fully saturated rings. The van der Waals surface area contributed by atoms with Gasteiger partial charge in [-0.25, -0.2) is 4.98 Å². The van der Waals surface area contributed by atoms with Gasteiger partial charge in [-0.1, -0.05) is 0 Å². The zero-order valence-electron chi connectivity index (χ0n) is 14.5. The molecule has 7 nitrogen and oxygen atoms in total. The van der Waals surface area contributed by atoms with Crippen LogP contribution in [0.5, 0.6) is 0 Å². The molecule has 0 aromatic carbocycles. The average molecular weight is 319 g/mol. The van der Waals surface area contributed by atoms with Crippen LogP contribution in [0.4, 0.5) is 0 Å². The highest BCUT2D eigenvalue weighted by atomic mass is 16.2. The minimum absolute atomic E-state index is 0.0799. The third kappa shape index (κ3) is 3.44. The molecule has 0 atom stereocenters. The number of aryl methyl sites for hydroxylation is 3. The predicted molar refractivity (Wildman–Crippen MR) is 90.7 cm³/mol. The number of aromatic nitrogens is 3. The maximum Gasteiger partial charge on any atom is 0.276 e. The molecule has 0 aliphatic carbocycles. The topological polar surface area (TPSA) is 83.0 Å². The van der Waals surface area contributed by atoms with E-state index < -0.39 is 0 Å². The quantitative estimate of drug-likeness (QED) is 0.812. The van der Waals surface area contributed by atoms with Gasteiger partial charge < -0.3 is 10.2 Å². The third-order valence-electron chi connectivity index (χ3n) is 4.28. The SMILES string of the molecule is CNCCN(C)C(=O)CCc1c(C)nc2[nH]n(C)c(=O)c2c1C. The van der Waals surface area contributed by atoms with Crippen LogP contribution in [-0.4, -0.2) is 52.8 Å². The largest absolute Gasteiger partial charge is 0.344 e. The predicted octanol–water partition coefficient (Wildman–Crippen LogP) is 0.489. The summed E-state index contributed by atoms with van der Waals surface area (Å²) in [4.78, 5) is 30.6. The summed E-state index contributed by atoms with van der Waals surface area (Å²) < 4.78 is 1.44. The molecule has 0 aliphatic heterocycles. The van der Waals surface area contributed by atoms with E-state index in [9.17, 15) is 9.59 Å². The van der Waals surface area contributed by atoms with Gasteiger partial charge in [0, 0.05) is 39.3 Å². The Bertz CT molecular complexity index is 775. The van der Waals surface area contributed by atoms with Gasteiger partial charge in [0.25, 0.3) is 5.56 Å². The number of rotatable bonds is 6. The fourth-order valence-corrected chi connectivity index (χ4v) is 2.81. The second kappa shape index (κ2) is 6.95. The van der Waals surface area contributed by atoms with Gasteiger partial charge in [-0.3, -0.25) is 19.4 Å². The van der Waals surface area contributed by atoms with Gasteiger partial charge in [-0.15, -0.1) is 0 Å². The number of H-pyrrole nitrogens is 1. The molecule has 126 valence electrons. The number of hydrogen-bond acceptors (Lipinski definition) is 4. The first kappa shape index (κ1) is 17.2. The standard InChI is InChI=1S/C16H25N5O2/c1-10-12(6-7-13(22)20(4)9-8-17-3)11(2)18-15-14(10)16(23)21(5)19-15/h17H,6-9H2,1-5H3,(H,18,19). The minimum Gasteiger partial charge on any atom is -0.344 e. The van der Waals surface area contributed by atoms with Crippen molar-refractivity contribution in [3.63, 3.8) is 0 Å². The number of hydrogen-bond donors (Lipinski definition) is 2. The van der Waals surface area contributed by atoms with Gasteiger partial charge in [0.1, 0.15) is 0 Å². The highest BCUT2D eigenvalue weighted by molar-refractivity contribution is 5.80. The molecule has 0 bridgehead atoms. The summed E-state index contributed by atoms with van der Waals surface area (Å²) in [6, 6.07) is 0. The molecule has 0 saturated heterocycles. The number of nitrogens with one attached hydrogen (secondary N) is 2. The van der Waals surface area contributed by atoms with Crippen molar-refractivity contribution in [1.29, 1.82) is 0 Å². The maximum absolute atomic E-state index is 12.2. The van der Waals surface area contributed by atoms with Crippen molar-refractivity contribution in [3.8, 4) is 0 Å². The molecule has 0 unspecified atom stereocenters. The Labute approximate surface area is 135 Å². The number of pyridine rings is 1. The number of carbonyl (C=O) groups is 1. The van der Waals surface area contributed by atoms with E-state index in [0.717, 1.165) is 23.4 Å². The lowest BCUT2D eigenvalue weighted by atomic mass is 10.00. The molecule has 7 heteroatoms. The van der Waals surface area contributed by atoms with E-state index in [2.05, 4.69) is 15.4 Å². The van der Waals surface area contributed by atoms with E-state index in [1.54, 1.807) is 11.9 Å². The molecule has 0 radical (unpaired) electrons. The zero-order valence-corrected chi connectivity index (χ0v) is 14.5. The molecule has 23 heavy (non-hydrogen) atoms. The summed E-state index contributed by atoms with van der Waals surface area (Å²) in [6.07, 6.45) is 1.01. The van der Waals surface area contributed by atoms with Crippen LogP contribution in [0.1, 0.15) is 23.2 Å². The monoisotopic (exact) mass is 319 g/mol. The maximum atomic E-state index is 12.2.